The summed E-state index contributed by atoms with van der Waals surface area (Å²) >= 11 is 0. The van der Waals surface area contributed by atoms with Crippen LogP contribution in [0.3, 0.4) is 0 Å². The molecule has 0 unspecified atom stereocenters. The third-order valence-corrected chi connectivity index (χ3v) is 2.73. The van der Waals surface area contributed by atoms with Crippen molar-refractivity contribution in [3.05, 3.63) is 53.8 Å². The van der Waals surface area contributed by atoms with Gasteiger partial charge in [-0.15, -0.1) is 0 Å². The Bertz CT molecular complexity index is 592. The summed E-state index contributed by atoms with van der Waals surface area (Å²) in [4.78, 5) is 11.9. The fourth-order valence-corrected chi connectivity index (χ4v) is 1.82. The van der Waals surface area contributed by atoms with E-state index in [-0.39, 0.29) is 18.0 Å². The molecule has 0 aromatic heterocycles. The number of nitrogen functional groups attached to an aromatic ring is 1. The molecule has 0 fully saturated rings. The lowest BCUT2D eigenvalue weighted by Crippen LogP contribution is -2.14. The van der Waals surface area contributed by atoms with Gasteiger partial charge in [-0.25, -0.2) is 4.39 Å². The van der Waals surface area contributed by atoms with E-state index in [1.165, 1.54) is 18.2 Å². The number of methoxy groups -OCH3 is 1. The lowest BCUT2D eigenvalue weighted by molar-refractivity contribution is -0.115. The molecule has 104 valence electrons. The minimum atomic E-state index is -0.482. The van der Waals surface area contributed by atoms with Crippen LogP contribution in [0, 0.1) is 5.82 Å². The van der Waals surface area contributed by atoms with Crippen molar-refractivity contribution in [1.82, 2.24) is 0 Å². The van der Waals surface area contributed by atoms with E-state index in [0.29, 0.717) is 5.69 Å². The van der Waals surface area contributed by atoms with Crippen molar-refractivity contribution in [2.24, 2.45) is 0 Å². The lowest BCUT2D eigenvalue weighted by atomic mass is 10.1. The number of nitrogens with two attached hydrogens (primary N) is 1. The number of amides is 1. The molecular formula is C15H15FN2O2. The summed E-state index contributed by atoms with van der Waals surface area (Å²) in [6.45, 7) is 0. The van der Waals surface area contributed by atoms with Gasteiger partial charge in [-0.2, -0.15) is 0 Å². The highest BCUT2D eigenvalue weighted by Crippen LogP contribution is 2.16. The first-order valence-electron chi connectivity index (χ1n) is 6.05. The maximum Gasteiger partial charge on any atom is 0.228 e. The Morgan fingerprint density at radius 2 is 1.95 bits per heavy atom. The number of carbonyl (C=O) groups excluding carboxylic acids is 1. The minimum Gasteiger partial charge on any atom is -0.497 e. The van der Waals surface area contributed by atoms with E-state index < -0.39 is 5.82 Å². The second-order valence-electron chi connectivity index (χ2n) is 4.35. The van der Waals surface area contributed by atoms with E-state index in [4.69, 9.17) is 10.5 Å². The molecule has 0 spiro atoms. The van der Waals surface area contributed by atoms with Crippen LogP contribution in [-0.4, -0.2) is 13.0 Å². The molecule has 0 heterocycles. The van der Waals surface area contributed by atoms with E-state index in [1.807, 2.05) is 0 Å². The Hall–Kier alpha value is -2.56. The fraction of sp³-hybridized carbons (Fsp3) is 0.133. The highest BCUT2D eigenvalue weighted by Gasteiger charge is 2.06. The second-order valence-corrected chi connectivity index (χ2v) is 4.35. The molecule has 2 rings (SSSR count). The van der Waals surface area contributed by atoms with Crippen LogP contribution >= 0.6 is 0 Å². The molecule has 0 aliphatic carbocycles. The molecule has 0 atom stereocenters. The number of halogens is 1. The number of hydrogen-bond acceptors (Lipinski definition) is 3. The molecule has 2 aromatic rings. The van der Waals surface area contributed by atoms with E-state index in [1.54, 1.807) is 31.4 Å². The Labute approximate surface area is 116 Å². The van der Waals surface area contributed by atoms with Crippen molar-refractivity contribution in [2.45, 2.75) is 6.42 Å². The molecule has 1 amide bonds. The SMILES string of the molecule is COc1ccc(CC(=O)Nc2cc(N)cc(F)c2)cc1. The van der Waals surface area contributed by atoms with E-state index in [9.17, 15) is 9.18 Å². The van der Waals surface area contributed by atoms with Crippen molar-refractivity contribution < 1.29 is 13.9 Å². The van der Waals surface area contributed by atoms with Crippen LogP contribution in [0.5, 0.6) is 5.75 Å². The normalized spacial score (nSPS) is 10.1. The molecule has 0 aliphatic heterocycles. The summed E-state index contributed by atoms with van der Waals surface area (Å²) in [7, 11) is 1.58. The predicted molar refractivity (Wildman–Crippen MR) is 76.1 cm³/mol. The topological polar surface area (TPSA) is 64.3 Å². The van der Waals surface area contributed by atoms with E-state index >= 15 is 0 Å². The van der Waals surface area contributed by atoms with Gasteiger partial charge < -0.3 is 15.8 Å². The number of hydrogen-bond donors (Lipinski definition) is 2. The van der Waals surface area contributed by atoms with Gasteiger partial charge in [0, 0.05) is 11.4 Å². The van der Waals surface area contributed by atoms with Gasteiger partial charge in [0.15, 0.2) is 0 Å². The lowest BCUT2D eigenvalue weighted by Gasteiger charge is -2.07. The van der Waals surface area contributed by atoms with Crippen LogP contribution < -0.4 is 15.8 Å². The van der Waals surface area contributed by atoms with E-state index in [0.717, 1.165) is 11.3 Å². The Morgan fingerprint density at radius 1 is 1.25 bits per heavy atom. The first-order chi connectivity index (χ1) is 9.56. The van der Waals surface area contributed by atoms with Crippen molar-refractivity contribution >= 4 is 17.3 Å². The molecule has 0 aliphatic rings. The zero-order valence-corrected chi connectivity index (χ0v) is 11.0. The molecule has 4 nitrogen and oxygen atoms in total. The van der Waals surface area contributed by atoms with Gasteiger partial charge in [0.25, 0.3) is 0 Å². The largest absolute Gasteiger partial charge is 0.497 e. The van der Waals surface area contributed by atoms with Crippen LogP contribution in [0.1, 0.15) is 5.56 Å². The number of nitrogens with one attached hydrogen (secondary N) is 1. The highest BCUT2D eigenvalue weighted by atomic mass is 19.1. The first-order valence-corrected chi connectivity index (χ1v) is 6.05. The standard InChI is InChI=1S/C15H15FN2O2/c1-20-14-4-2-10(3-5-14)6-15(19)18-13-8-11(16)7-12(17)9-13/h2-5,7-9H,6,17H2,1H3,(H,18,19). The summed E-state index contributed by atoms with van der Waals surface area (Å²) < 4.78 is 18.2. The molecule has 0 bridgehead atoms. The number of ether oxygens (including phenoxy) is 1. The smallest absolute Gasteiger partial charge is 0.228 e. The van der Waals surface area contributed by atoms with E-state index in [2.05, 4.69) is 5.32 Å². The van der Waals surface area contributed by atoms with Gasteiger partial charge in [0.2, 0.25) is 5.91 Å². The highest BCUT2D eigenvalue weighted by molar-refractivity contribution is 5.92. The Morgan fingerprint density at radius 3 is 2.55 bits per heavy atom. The average molecular weight is 274 g/mol. The van der Waals surface area contributed by atoms with Gasteiger partial charge in [-0.3, -0.25) is 4.79 Å². The quantitative estimate of drug-likeness (QED) is 0.842. The van der Waals surface area contributed by atoms with Crippen molar-refractivity contribution in [1.29, 1.82) is 0 Å². The Kier molecular flexibility index (Phi) is 4.20. The van der Waals surface area contributed by atoms with Crippen molar-refractivity contribution in [3.63, 3.8) is 0 Å². The number of anilines is 2. The molecule has 0 saturated heterocycles. The predicted octanol–water partition coefficient (Wildman–Crippen LogP) is 2.60. The van der Waals surface area contributed by atoms with Crippen LogP contribution in [0.15, 0.2) is 42.5 Å². The fourth-order valence-electron chi connectivity index (χ4n) is 1.82. The second kappa shape index (κ2) is 6.06. The van der Waals surface area contributed by atoms with Gasteiger partial charge in [-0.1, -0.05) is 12.1 Å². The number of carbonyl (C=O) groups is 1. The van der Waals surface area contributed by atoms with Crippen molar-refractivity contribution in [2.75, 3.05) is 18.2 Å². The van der Waals surface area contributed by atoms with Gasteiger partial charge in [0.1, 0.15) is 11.6 Å². The first kappa shape index (κ1) is 13.9. The van der Waals surface area contributed by atoms with Crippen LogP contribution in [0.2, 0.25) is 0 Å². The summed E-state index contributed by atoms with van der Waals surface area (Å²) in [5.74, 6) is 0.0111. The minimum absolute atomic E-state index is 0.195. The molecule has 20 heavy (non-hydrogen) atoms. The van der Waals surface area contributed by atoms with Crippen LogP contribution in [-0.2, 0) is 11.2 Å². The maximum atomic E-state index is 13.1. The van der Waals surface area contributed by atoms with Gasteiger partial charge in [0.05, 0.1) is 13.5 Å². The Balaban J connectivity index is 2.01. The zero-order valence-electron chi connectivity index (χ0n) is 11.0. The monoisotopic (exact) mass is 274 g/mol. The molecule has 5 heteroatoms. The molecule has 0 radical (unpaired) electrons. The third-order valence-electron chi connectivity index (χ3n) is 2.73. The van der Waals surface area contributed by atoms with Crippen molar-refractivity contribution in [3.8, 4) is 5.75 Å². The maximum absolute atomic E-state index is 13.1. The third kappa shape index (κ3) is 3.71. The van der Waals surface area contributed by atoms with Gasteiger partial charge >= 0.3 is 0 Å². The van der Waals surface area contributed by atoms with Crippen LogP contribution in [0.4, 0.5) is 15.8 Å². The molecule has 3 N–H and O–H groups in total. The summed E-state index contributed by atoms with van der Waals surface area (Å²) in [5, 5.41) is 2.61. The number of benzene rings is 2. The average Bonchev–Trinajstić information content (AvgIpc) is 2.38. The molecule has 2 aromatic carbocycles. The van der Waals surface area contributed by atoms with Crippen LogP contribution in [0.25, 0.3) is 0 Å². The van der Waals surface area contributed by atoms with Gasteiger partial charge in [-0.05, 0) is 35.9 Å². The summed E-state index contributed by atoms with van der Waals surface area (Å²) in [5.41, 5.74) is 6.97. The summed E-state index contributed by atoms with van der Waals surface area (Å²) in [6, 6.07) is 11.1. The number of rotatable bonds is 4. The molecular weight excluding hydrogens is 259 g/mol. The zero-order chi connectivity index (χ0) is 14.5. The molecule has 0 saturated carbocycles. The summed E-state index contributed by atoms with van der Waals surface area (Å²) in [6.07, 6.45) is 0.195.